The molecular weight excluding hydrogens is 871 g/mol. The lowest BCUT2D eigenvalue weighted by molar-refractivity contribution is -0.178. The molecule has 0 amide bonds. The van der Waals surface area contributed by atoms with Crippen molar-refractivity contribution in [1.82, 2.24) is 0 Å². The van der Waals surface area contributed by atoms with Gasteiger partial charge in [-0.05, 0) is 186 Å². The molecule has 23 heavy (non-hydrogen) atoms. The summed E-state index contributed by atoms with van der Waals surface area (Å²) in [4.78, 5) is 0. The van der Waals surface area contributed by atoms with E-state index in [1.165, 1.54) is 19.3 Å². The summed E-state index contributed by atoms with van der Waals surface area (Å²) in [7, 11) is 0. The maximum absolute atomic E-state index is 2.99. The maximum atomic E-state index is 2.99. The van der Waals surface area contributed by atoms with Gasteiger partial charge in [-0.25, -0.2) is 0 Å². The van der Waals surface area contributed by atoms with E-state index >= 15 is 0 Å². The van der Waals surface area contributed by atoms with Crippen LogP contribution >= 0.6 is 100 Å². The smallest absolute Gasteiger partial charge is 0.0351 e. The van der Waals surface area contributed by atoms with Gasteiger partial charge < -0.3 is 0 Å². The SMILES string of the molecule is CC1(S(I)(I)(I)(I)I)C2(CCC2)C2(CCC2)C2(CCC2)C12CC2. The second kappa shape index (κ2) is 4.51. The van der Waals surface area contributed by atoms with Crippen molar-refractivity contribution in [3.8, 4) is 0 Å². The molecule has 0 aromatic heterocycles. The third-order valence-corrected chi connectivity index (χ3v) is 25.3. The van der Waals surface area contributed by atoms with Crippen LogP contribution in [0.2, 0.25) is 0 Å². The molecule has 0 aromatic rings. The second-order valence-corrected chi connectivity index (χ2v) is 95.7. The van der Waals surface area contributed by atoms with Gasteiger partial charge in [-0.3, -0.25) is 0 Å². The number of hydrogen-bond acceptors (Lipinski definition) is 0. The van der Waals surface area contributed by atoms with Gasteiger partial charge in [0, 0.05) is 4.75 Å². The minimum absolute atomic E-state index is 0.530. The summed E-state index contributed by atoms with van der Waals surface area (Å²) in [6.07, 6.45) is 17.1. The lowest BCUT2D eigenvalue weighted by Crippen LogP contribution is -2.62. The molecule has 5 rings (SSSR count). The lowest BCUT2D eigenvalue weighted by atomic mass is 9.37. The molecule has 5 aliphatic carbocycles. The minimum atomic E-state index is -2.26. The van der Waals surface area contributed by atoms with Gasteiger partial charge in [-0.1, -0.05) is 13.4 Å². The number of fused-ring (bicyclic) bond motifs is 3. The Morgan fingerprint density at radius 1 is 0.522 bits per heavy atom. The van der Waals surface area contributed by atoms with Gasteiger partial charge in [0.25, 0.3) is 0 Å². The summed E-state index contributed by atoms with van der Waals surface area (Å²) in [5, 5.41) is 0. The van der Waals surface area contributed by atoms with Gasteiger partial charge in [-0.2, -0.15) is 0 Å². The Morgan fingerprint density at radius 2 is 0.826 bits per heavy atom. The van der Waals surface area contributed by atoms with Crippen LogP contribution in [0.4, 0.5) is 0 Å². The topological polar surface area (TPSA) is 0 Å². The first-order chi connectivity index (χ1) is 10.3. The summed E-state index contributed by atoms with van der Waals surface area (Å²) in [6, 6.07) is 0. The Balaban J connectivity index is 1.86. The molecule has 4 spiro atoms. The lowest BCUT2D eigenvalue weighted by Gasteiger charge is -2.76. The molecule has 0 aliphatic heterocycles. The van der Waals surface area contributed by atoms with Crippen molar-refractivity contribution in [1.29, 1.82) is 0 Å². The van der Waals surface area contributed by atoms with Gasteiger partial charge in [0.15, 0.2) is 0 Å². The highest BCUT2D eigenvalue weighted by Crippen LogP contribution is 3.27. The van der Waals surface area contributed by atoms with Crippen LogP contribution in [0, 0.1) is 21.7 Å². The van der Waals surface area contributed by atoms with Crippen LogP contribution in [-0.2, 0) is 0 Å². The summed E-state index contributed by atoms with van der Waals surface area (Å²) < 4.78 is -1.73. The average molecular weight is 896 g/mol. The molecule has 0 saturated heterocycles. The minimum Gasteiger partial charge on any atom is -0.0609 e. The van der Waals surface area contributed by atoms with E-state index in [2.05, 4.69) is 113 Å². The van der Waals surface area contributed by atoms with E-state index in [0.717, 1.165) is 10.8 Å². The van der Waals surface area contributed by atoms with Crippen molar-refractivity contribution in [2.45, 2.75) is 82.3 Å². The summed E-state index contributed by atoms with van der Waals surface area (Å²) in [6.45, 7) is 2.82. The predicted molar refractivity (Wildman–Crippen MR) is 147 cm³/mol. The van der Waals surface area contributed by atoms with Crippen LogP contribution in [0.1, 0.15) is 77.6 Å². The fraction of sp³-hybridized carbons (Fsp3) is 1.00. The molecule has 5 fully saturated rings. The molecular formula is C17H25I5S. The Labute approximate surface area is 200 Å². The molecule has 0 radical (unpaired) electrons. The Kier molecular flexibility index (Phi) is 3.73. The number of rotatable bonds is 1. The quantitative estimate of drug-likeness (QED) is 0.230. The van der Waals surface area contributed by atoms with Gasteiger partial charge in [0.1, 0.15) is 0 Å². The number of hydrogen-bond donors (Lipinski definition) is 0. The second-order valence-electron chi connectivity index (χ2n) is 9.39. The fourth-order valence-electron chi connectivity index (χ4n) is 8.57. The van der Waals surface area contributed by atoms with Gasteiger partial charge in [-0.15, -0.1) is 0 Å². The van der Waals surface area contributed by atoms with Crippen LogP contribution in [0.5, 0.6) is 0 Å². The molecule has 6 heteroatoms. The standard InChI is InChI=1S/C17H25I5S/c1-13(23(18,19,20,21)22)14(5-2-6-14)16(7-3-8-16)17(9-4-10-17)15(13)11-12-15/h2-12H2,1H3. The summed E-state index contributed by atoms with van der Waals surface area (Å²) >= 11 is 15.0. The Morgan fingerprint density at radius 3 is 1.00 bits per heavy atom. The van der Waals surface area contributed by atoms with Gasteiger partial charge in [0.05, 0.1) is 0 Å². The third kappa shape index (κ3) is 1.73. The van der Waals surface area contributed by atoms with Crippen molar-refractivity contribution >= 4 is 100 Å². The monoisotopic (exact) mass is 896 g/mol. The van der Waals surface area contributed by atoms with Crippen molar-refractivity contribution in [2.75, 3.05) is 0 Å². The van der Waals surface area contributed by atoms with Gasteiger partial charge in [0.2, 0.25) is 0 Å². The Hall–Kier alpha value is 4.00. The van der Waals surface area contributed by atoms with E-state index in [1.807, 2.05) is 0 Å². The molecule has 5 saturated carbocycles. The van der Waals surface area contributed by atoms with Crippen molar-refractivity contribution in [2.24, 2.45) is 21.7 Å². The molecule has 1 unspecified atom stereocenters. The zero-order valence-electron chi connectivity index (χ0n) is 13.6. The first-order valence-electron chi connectivity index (χ1n) is 9.05. The fourth-order valence-corrected chi connectivity index (χ4v) is 23.5. The molecule has 0 bridgehead atoms. The maximum Gasteiger partial charge on any atom is 0.0351 e. The molecule has 0 N–H and O–H groups in total. The highest BCUT2D eigenvalue weighted by molar-refractivity contribution is 14.7. The van der Waals surface area contributed by atoms with Crippen LogP contribution in [0.15, 0.2) is 0 Å². The van der Waals surface area contributed by atoms with E-state index in [0.29, 0.717) is 15.6 Å². The molecule has 0 heterocycles. The summed E-state index contributed by atoms with van der Waals surface area (Å²) in [5.41, 5.74) is 2.85. The molecule has 1 atom stereocenters. The zero-order valence-corrected chi connectivity index (χ0v) is 25.2. The normalized spacial score (nSPS) is 43.6. The molecule has 0 nitrogen and oxygen atoms in total. The number of halogens is 5. The van der Waals surface area contributed by atoms with Crippen molar-refractivity contribution < 1.29 is 0 Å². The third-order valence-electron chi connectivity index (χ3n) is 9.72. The van der Waals surface area contributed by atoms with Crippen LogP contribution < -0.4 is 0 Å². The van der Waals surface area contributed by atoms with E-state index in [9.17, 15) is 0 Å². The zero-order chi connectivity index (χ0) is 16.7. The largest absolute Gasteiger partial charge is 0.0609 e. The highest BCUT2D eigenvalue weighted by Gasteiger charge is 2.96. The molecule has 5 aliphatic rings. The van der Waals surface area contributed by atoms with E-state index in [4.69, 9.17) is 0 Å². The van der Waals surface area contributed by atoms with E-state index in [1.54, 1.807) is 51.4 Å². The Bertz CT molecular complexity index is 605. The molecule has 134 valence electrons. The average Bonchev–Trinajstić information content (AvgIpc) is 2.94. The molecule has 0 aromatic carbocycles. The van der Waals surface area contributed by atoms with Crippen LogP contribution in [0.3, 0.4) is 0 Å². The van der Waals surface area contributed by atoms with Crippen LogP contribution in [-0.4, -0.2) is 4.75 Å². The predicted octanol–water partition coefficient (Wildman–Crippen LogP) is 9.68. The van der Waals surface area contributed by atoms with E-state index in [-0.39, 0.29) is 0 Å². The van der Waals surface area contributed by atoms with Gasteiger partial charge >= 0.3 is 0 Å². The van der Waals surface area contributed by atoms with E-state index < -0.39 is -5.85 Å². The summed E-state index contributed by atoms with van der Waals surface area (Å²) in [5.74, 6) is 0. The highest BCUT2D eigenvalue weighted by atomic mass is 127. The van der Waals surface area contributed by atoms with Crippen molar-refractivity contribution in [3.63, 3.8) is 0 Å². The first-order valence-corrected chi connectivity index (χ1v) is 24.2. The van der Waals surface area contributed by atoms with Crippen molar-refractivity contribution in [3.05, 3.63) is 0 Å². The first kappa shape index (κ1) is 19.0. The van der Waals surface area contributed by atoms with Crippen LogP contribution in [0.25, 0.3) is 0 Å².